The predicted octanol–water partition coefficient (Wildman–Crippen LogP) is -0.531. The number of hydrogen-bond donors (Lipinski definition) is 2. The fraction of sp³-hybridized carbons (Fsp3) is 0.400. The molecule has 2 N–H and O–H groups in total. The van der Waals surface area contributed by atoms with E-state index in [1.54, 1.807) is 0 Å². The third-order valence-electron chi connectivity index (χ3n) is 2.20. The first-order valence-corrected chi connectivity index (χ1v) is 5.88. The molecule has 10 heteroatoms. The number of nitrogens with zero attached hydrogens (tertiary/aromatic N) is 6. The van der Waals surface area contributed by atoms with Crippen LogP contribution in [0.1, 0.15) is 6.92 Å². The molecule has 2 aromatic rings. The number of anilines is 2. The molecule has 0 bridgehead atoms. The van der Waals surface area contributed by atoms with Gasteiger partial charge in [0.1, 0.15) is 19.2 Å². The second kappa shape index (κ2) is 6.41. The number of rotatable bonds is 6. The molecule has 10 nitrogen and oxygen atoms in total. The molecule has 0 spiro atoms. The van der Waals surface area contributed by atoms with E-state index in [9.17, 15) is 4.79 Å². The van der Waals surface area contributed by atoms with Crippen LogP contribution in [0.4, 0.5) is 11.9 Å². The van der Waals surface area contributed by atoms with Crippen LogP contribution in [0, 0.1) is 0 Å². The van der Waals surface area contributed by atoms with Crippen LogP contribution >= 0.6 is 0 Å². The van der Waals surface area contributed by atoms with Crippen LogP contribution in [-0.4, -0.2) is 55.9 Å². The normalized spacial score (nSPS) is 10.1. The number of esters is 1. The van der Waals surface area contributed by atoms with Gasteiger partial charge in [-0.15, -0.1) is 0 Å². The summed E-state index contributed by atoms with van der Waals surface area (Å²) in [6.45, 7) is 2.53. The zero-order valence-corrected chi connectivity index (χ0v) is 11.1. The average molecular weight is 278 g/mol. The van der Waals surface area contributed by atoms with Crippen LogP contribution in [0.25, 0.3) is 5.95 Å². The fourth-order valence-corrected chi connectivity index (χ4v) is 1.32. The molecule has 2 rings (SSSR count). The molecule has 0 saturated carbocycles. The van der Waals surface area contributed by atoms with E-state index in [0.29, 0.717) is 18.4 Å². The molecule has 0 fully saturated rings. The first-order valence-electron chi connectivity index (χ1n) is 5.88. The number of methoxy groups -OCH3 is 1. The van der Waals surface area contributed by atoms with Crippen molar-refractivity contribution in [1.82, 2.24) is 29.7 Å². The Morgan fingerprint density at radius 1 is 1.30 bits per heavy atom. The zero-order chi connectivity index (χ0) is 14.4. The van der Waals surface area contributed by atoms with Crippen LogP contribution in [0.5, 0.6) is 0 Å². The van der Waals surface area contributed by atoms with Crippen molar-refractivity contribution in [2.75, 3.05) is 30.8 Å². The molecule has 0 amide bonds. The minimum atomic E-state index is -0.419. The van der Waals surface area contributed by atoms with Crippen LogP contribution in [0.2, 0.25) is 0 Å². The van der Waals surface area contributed by atoms with Gasteiger partial charge in [-0.05, 0) is 6.92 Å². The molecular formula is C10H14N8O2. The number of hydrogen-bond acceptors (Lipinski definition) is 9. The highest BCUT2D eigenvalue weighted by Gasteiger charge is 2.09. The number of carbonyl (C=O) groups excluding carboxylic acids is 1. The van der Waals surface area contributed by atoms with Crippen LogP contribution in [0.3, 0.4) is 0 Å². The van der Waals surface area contributed by atoms with Crippen molar-refractivity contribution in [3.05, 3.63) is 12.7 Å². The molecular weight excluding hydrogens is 264 g/mol. The first kappa shape index (κ1) is 13.6. The quantitative estimate of drug-likeness (QED) is 0.671. The van der Waals surface area contributed by atoms with Gasteiger partial charge in [-0.2, -0.15) is 24.7 Å². The molecule has 20 heavy (non-hydrogen) atoms. The monoisotopic (exact) mass is 278 g/mol. The van der Waals surface area contributed by atoms with E-state index in [2.05, 4.69) is 40.4 Å². The van der Waals surface area contributed by atoms with Crippen molar-refractivity contribution in [2.24, 2.45) is 0 Å². The second-order valence-corrected chi connectivity index (χ2v) is 3.58. The lowest BCUT2D eigenvalue weighted by Gasteiger charge is -2.08. The van der Waals surface area contributed by atoms with Gasteiger partial charge in [0.15, 0.2) is 0 Å². The smallest absolute Gasteiger partial charge is 0.325 e. The molecule has 0 radical (unpaired) electrons. The summed E-state index contributed by atoms with van der Waals surface area (Å²) < 4.78 is 5.93. The molecule has 0 aliphatic heterocycles. The van der Waals surface area contributed by atoms with Crippen molar-refractivity contribution in [3.8, 4) is 5.95 Å². The number of nitrogens with one attached hydrogen (secondary N) is 2. The summed E-state index contributed by atoms with van der Waals surface area (Å²) in [5, 5.41) is 9.68. The molecule has 0 saturated heterocycles. The lowest BCUT2D eigenvalue weighted by Crippen LogP contribution is -2.18. The van der Waals surface area contributed by atoms with Crippen LogP contribution in [0.15, 0.2) is 12.7 Å². The maximum Gasteiger partial charge on any atom is 0.325 e. The van der Waals surface area contributed by atoms with Gasteiger partial charge < -0.3 is 15.4 Å². The van der Waals surface area contributed by atoms with Crippen LogP contribution in [-0.2, 0) is 9.53 Å². The van der Waals surface area contributed by atoms with Crippen LogP contribution < -0.4 is 10.6 Å². The SMILES string of the molecule is CCNc1nc(NCC(=O)OC)nc(-n2cncn2)n1. The maximum atomic E-state index is 11.1. The molecule has 0 unspecified atom stereocenters. The molecule has 0 aromatic carbocycles. The molecule has 2 aromatic heterocycles. The van der Waals surface area contributed by atoms with E-state index in [-0.39, 0.29) is 12.5 Å². The van der Waals surface area contributed by atoms with Crippen molar-refractivity contribution in [3.63, 3.8) is 0 Å². The van der Waals surface area contributed by atoms with Crippen molar-refractivity contribution < 1.29 is 9.53 Å². The third kappa shape index (κ3) is 3.37. The summed E-state index contributed by atoms with van der Waals surface area (Å²) in [6.07, 6.45) is 2.84. The first-order chi connectivity index (χ1) is 9.72. The van der Waals surface area contributed by atoms with Gasteiger partial charge in [-0.3, -0.25) is 4.79 Å². The minimum Gasteiger partial charge on any atom is -0.468 e. The summed E-state index contributed by atoms with van der Waals surface area (Å²) in [6, 6.07) is 0. The average Bonchev–Trinajstić information content (AvgIpc) is 2.99. The Kier molecular flexibility index (Phi) is 4.37. The predicted molar refractivity (Wildman–Crippen MR) is 69.4 cm³/mol. The Balaban J connectivity index is 2.24. The summed E-state index contributed by atoms with van der Waals surface area (Å²) in [4.78, 5) is 27.4. The van der Waals surface area contributed by atoms with E-state index in [0.717, 1.165) is 0 Å². The van der Waals surface area contributed by atoms with Gasteiger partial charge in [-0.1, -0.05) is 0 Å². The van der Waals surface area contributed by atoms with E-state index in [1.807, 2.05) is 6.92 Å². The Morgan fingerprint density at radius 2 is 2.05 bits per heavy atom. The standard InChI is InChI=1S/C10H14N8O2/c1-3-12-8-15-9(13-4-7(19)20-2)17-10(16-8)18-6-11-5-14-18/h5-6H,3-4H2,1-2H3,(H2,12,13,15,16,17). The molecule has 0 atom stereocenters. The lowest BCUT2D eigenvalue weighted by atomic mass is 10.6. The maximum absolute atomic E-state index is 11.1. The number of aromatic nitrogens is 6. The van der Waals surface area contributed by atoms with Gasteiger partial charge in [0.2, 0.25) is 11.9 Å². The molecule has 2 heterocycles. The highest BCUT2D eigenvalue weighted by molar-refractivity contribution is 5.74. The fourth-order valence-electron chi connectivity index (χ4n) is 1.32. The van der Waals surface area contributed by atoms with E-state index >= 15 is 0 Å². The van der Waals surface area contributed by atoms with Crippen molar-refractivity contribution >= 4 is 17.9 Å². The largest absolute Gasteiger partial charge is 0.468 e. The Bertz CT molecular complexity index is 571. The van der Waals surface area contributed by atoms with E-state index in [1.165, 1.54) is 24.4 Å². The molecule has 0 aliphatic rings. The lowest BCUT2D eigenvalue weighted by molar-refractivity contribution is -0.138. The van der Waals surface area contributed by atoms with Gasteiger partial charge >= 0.3 is 5.97 Å². The molecule has 106 valence electrons. The minimum absolute atomic E-state index is 0.0388. The van der Waals surface area contributed by atoms with E-state index < -0.39 is 5.97 Å². The number of carbonyl (C=O) groups is 1. The topological polar surface area (TPSA) is 120 Å². The van der Waals surface area contributed by atoms with Gasteiger partial charge in [0, 0.05) is 6.54 Å². The molecule has 0 aliphatic carbocycles. The second-order valence-electron chi connectivity index (χ2n) is 3.58. The Labute approximate surface area is 114 Å². The highest BCUT2D eigenvalue weighted by Crippen LogP contribution is 2.07. The van der Waals surface area contributed by atoms with E-state index in [4.69, 9.17) is 0 Å². The Morgan fingerprint density at radius 3 is 2.65 bits per heavy atom. The van der Waals surface area contributed by atoms with Gasteiger partial charge in [-0.25, -0.2) is 4.98 Å². The summed E-state index contributed by atoms with van der Waals surface area (Å²) >= 11 is 0. The van der Waals surface area contributed by atoms with Crippen molar-refractivity contribution in [2.45, 2.75) is 6.92 Å². The van der Waals surface area contributed by atoms with Crippen molar-refractivity contribution in [1.29, 1.82) is 0 Å². The van der Waals surface area contributed by atoms with Gasteiger partial charge in [0.25, 0.3) is 5.95 Å². The summed E-state index contributed by atoms with van der Waals surface area (Å²) in [5.41, 5.74) is 0. The summed E-state index contributed by atoms with van der Waals surface area (Å²) in [7, 11) is 1.31. The Hall–Kier alpha value is -2.78. The highest BCUT2D eigenvalue weighted by atomic mass is 16.5. The number of ether oxygens (including phenoxy) is 1. The summed E-state index contributed by atoms with van der Waals surface area (Å²) in [5.74, 6) is 0.491. The van der Waals surface area contributed by atoms with Gasteiger partial charge in [0.05, 0.1) is 7.11 Å². The zero-order valence-electron chi connectivity index (χ0n) is 11.1. The third-order valence-corrected chi connectivity index (χ3v) is 2.20.